The summed E-state index contributed by atoms with van der Waals surface area (Å²) < 4.78 is 36.8. The van der Waals surface area contributed by atoms with Crippen LogP contribution in [0.4, 0.5) is 28.4 Å². The number of carbonyl (C=O) groups is 5. The van der Waals surface area contributed by atoms with Gasteiger partial charge in [-0.3, -0.25) is 24.6 Å². The summed E-state index contributed by atoms with van der Waals surface area (Å²) in [7, 11) is -5.17. The zero-order valence-corrected chi connectivity index (χ0v) is 35.3. The van der Waals surface area contributed by atoms with Crippen molar-refractivity contribution in [1.82, 2.24) is 0 Å². The number of amides is 2. The molecule has 0 fully saturated rings. The van der Waals surface area contributed by atoms with E-state index in [9.17, 15) is 42.0 Å². The number of nitrogen functional groups attached to an aromatic ring is 1. The Hall–Kier alpha value is -5.50. The van der Waals surface area contributed by atoms with Gasteiger partial charge < -0.3 is 36.4 Å². The standard InChI is InChI=1S/C38H29N7O9S.2Na/c1-20-16-28(11-14-31(20)44-42-25-8-4-22(5-9-25)37(49)41-27-12-15-32(46)30(19-27)38(50)51)43-45-34-33(55(52,53)54)18-23-17-26(10-13-29(23)35(34)47)40-36(48)21-2-6-24(39)7-3-21;;/h2-19,42-44H,39H2,1H3,(H,40,48)(H,50,51)(H,52,53,54);;/q;2*+1/p-2/b41-27?,45-34+;;. The number of aliphatic carboxylic acids is 1. The third-order valence-electron chi connectivity index (χ3n) is 8.14. The zero-order chi connectivity index (χ0) is 39.4. The average molecular weight is 804 g/mol. The largest absolute Gasteiger partial charge is 1.00 e. The van der Waals surface area contributed by atoms with Gasteiger partial charge >= 0.3 is 59.1 Å². The normalized spacial score (nSPS) is 14.6. The maximum atomic E-state index is 13.4. The fraction of sp³-hybridized carbons (Fsp3) is 0.0263. The second-order valence-corrected chi connectivity index (χ2v) is 13.3. The van der Waals surface area contributed by atoms with E-state index < -0.39 is 55.7 Å². The Bertz CT molecular complexity index is 2590. The number of allylic oxidation sites excluding steroid dienone is 4. The maximum Gasteiger partial charge on any atom is 1.00 e. The summed E-state index contributed by atoms with van der Waals surface area (Å²) in [6.45, 7) is 1.76. The quantitative estimate of drug-likeness (QED) is 0.0272. The molecule has 16 nitrogen and oxygen atoms in total. The molecule has 0 heterocycles. The Kier molecular flexibility index (Phi) is 14.5. The van der Waals surface area contributed by atoms with E-state index in [1.54, 1.807) is 49.4 Å². The first-order valence-electron chi connectivity index (χ1n) is 16.0. The van der Waals surface area contributed by atoms with Crippen LogP contribution in [0.5, 0.6) is 0 Å². The van der Waals surface area contributed by atoms with Crippen molar-refractivity contribution >= 4 is 85.4 Å². The van der Waals surface area contributed by atoms with Crippen molar-refractivity contribution in [3.63, 3.8) is 0 Å². The summed E-state index contributed by atoms with van der Waals surface area (Å²) >= 11 is 0. The Labute approximate surface area is 369 Å². The molecular formula is C38H27N7Na2O9S. The molecule has 2 aliphatic rings. The first kappa shape index (κ1) is 44.2. The van der Waals surface area contributed by atoms with Crippen LogP contribution in [0.1, 0.15) is 42.2 Å². The Morgan fingerprint density at radius 2 is 1.42 bits per heavy atom. The molecular weight excluding hydrogens is 777 g/mol. The number of aliphatic imine (C=N–C) groups is 1. The van der Waals surface area contributed by atoms with E-state index in [2.05, 4.69) is 31.7 Å². The molecule has 0 unspecified atom stereocenters. The third kappa shape index (κ3) is 10.7. The number of nitrogens with two attached hydrogens (primary N) is 1. The number of hydrazone groups is 1. The van der Waals surface area contributed by atoms with E-state index >= 15 is 0 Å². The van der Waals surface area contributed by atoms with Gasteiger partial charge in [0.05, 0.1) is 33.6 Å². The molecule has 57 heavy (non-hydrogen) atoms. The molecule has 4 aromatic carbocycles. The maximum absolute atomic E-state index is 13.4. The van der Waals surface area contributed by atoms with Gasteiger partial charge in [0.1, 0.15) is 15.8 Å². The van der Waals surface area contributed by atoms with Gasteiger partial charge in [-0.1, -0.05) is 0 Å². The van der Waals surface area contributed by atoms with Crippen molar-refractivity contribution in [1.29, 1.82) is 0 Å². The number of rotatable bonds is 10. The van der Waals surface area contributed by atoms with Crippen molar-refractivity contribution in [2.75, 3.05) is 27.3 Å². The number of Topliss-reactive ketones (excluding diaryl/α,β-unsaturated/α-hetero) is 1. The van der Waals surface area contributed by atoms with Gasteiger partial charge in [-0.15, -0.1) is 0 Å². The van der Waals surface area contributed by atoms with Crippen LogP contribution >= 0.6 is 0 Å². The van der Waals surface area contributed by atoms with Gasteiger partial charge in [-0.2, -0.15) is 5.10 Å². The van der Waals surface area contributed by atoms with Crippen LogP contribution in [0, 0.1) is 6.92 Å². The van der Waals surface area contributed by atoms with Crippen molar-refractivity contribution in [2.45, 2.75) is 6.92 Å². The van der Waals surface area contributed by atoms with Gasteiger partial charge in [0.25, 0.3) is 11.8 Å². The van der Waals surface area contributed by atoms with Crippen molar-refractivity contribution in [3.05, 3.63) is 141 Å². The molecule has 0 spiro atoms. The Morgan fingerprint density at radius 1 is 0.772 bits per heavy atom. The number of anilines is 5. The minimum Gasteiger partial charge on any atom is -0.744 e. The summed E-state index contributed by atoms with van der Waals surface area (Å²) in [5, 5.41) is 17.8. The van der Waals surface area contributed by atoms with Crippen LogP contribution in [0.3, 0.4) is 0 Å². The second-order valence-electron chi connectivity index (χ2n) is 12.0. The first-order chi connectivity index (χ1) is 26.2. The van der Waals surface area contributed by atoms with Crippen LogP contribution < -0.4 is 91.5 Å². The molecule has 6 N–H and O–H groups in total. The van der Waals surface area contributed by atoms with Gasteiger partial charge in [-0.25, -0.2) is 13.4 Å². The molecule has 0 aromatic heterocycles. The number of carbonyl (C=O) groups excluding carboxylic acids is 5. The number of hydrazine groups is 1. The monoisotopic (exact) mass is 803 g/mol. The van der Waals surface area contributed by atoms with E-state index in [0.717, 1.165) is 18.2 Å². The molecule has 276 valence electrons. The van der Waals surface area contributed by atoms with Gasteiger partial charge in [0.15, 0.2) is 5.78 Å². The number of ketones is 2. The summed E-state index contributed by atoms with van der Waals surface area (Å²) in [5.41, 5.74) is 16.7. The molecule has 2 aliphatic carbocycles. The third-order valence-corrected chi connectivity index (χ3v) is 8.99. The second kappa shape index (κ2) is 18.6. The van der Waals surface area contributed by atoms with Crippen molar-refractivity contribution < 1.29 is 101 Å². The van der Waals surface area contributed by atoms with Crippen LogP contribution in [0.25, 0.3) is 6.08 Å². The molecule has 0 aliphatic heterocycles. The summed E-state index contributed by atoms with van der Waals surface area (Å²) in [4.78, 5) is 64.4. The Morgan fingerprint density at radius 3 is 2.07 bits per heavy atom. The average Bonchev–Trinajstić information content (AvgIpc) is 3.14. The molecule has 0 bridgehead atoms. The number of carboxylic acid groups (broad SMARTS) is 1. The fourth-order valence-corrected chi connectivity index (χ4v) is 5.95. The number of fused-ring (bicyclic) bond motifs is 1. The molecule has 0 saturated heterocycles. The van der Waals surface area contributed by atoms with Gasteiger partial charge in [0.2, 0.25) is 5.78 Å². The van der Waals surface area contributed by atoms with Crippen LogP contribution in [0.2, 0.25) is 0 Å². The first-order valence-corrected chi connectivity index (χ1v) is 17.5. The van der Waals surface area contributed by atoms with E-state index in [0.29, 0.717) is 33.9 Å². The fourth-order valence-electron chi connectivity index (χ4n) is 5.31. The number of nitrogens with one attached hydrogen (secondary N) is 4. The molecule has 4 aromatic rings. The van der Waals surface area contributed by atoms with Gasteiger partial charge in [-0.05, 0) is 127 Å². The SMILES string of the molecule is Cc1cc(N/N=C2/C(=O)c3ccc(NC(=O)c4ccc(N)cc4)cc3C=C2S(=O)(=O)[O-])ccc1NNc1ccc(C(=O)N=C2C=CC(=O)C(C(=O)[O-])=C2)cc1.[Na+].[Na+]. The minimum atomic E-state index is -5.17. The van der Waals surface area contributed by atoms with Crippen molar-refractivity contribution in [2.24, 2.45) is 10.1 Å². The molecule has 6 rings (SSSR count). The molecule has 19 heteroatoms. The topological polar surface area (TPSA) is 264 Å². The predicted octanol–water partition coefficient (Wildman–Crippen LogP) is -2.78. The smallest absolute Gasteiger partial charge is 0.744 e. The molecule has 0 atom stereocenters. The van der Waals surface area contributed by atoms with E-state index in [1.807, 2.05) is 0 Å². The minimum absolute atomic E-state index is 0. The van der Waals surface area contributed by atoms with Crippen LogP contribution in [0.15, 0.2) is 124 Å². The van der Waals surface area contributed by atoms with E-state index in [1.165, 1.54) is 48.5 Å². The number of hydrogen-bond donors (Lipinski definition) is 5. The molecule has 0 radical (unpaired) electrons. The number of hydrogen-bond acceptors (Lipinski definition) is 14. The molecule has 2 amide bonds. The summed E-state index contributed by atoms with van der Waals surface area (Å²) in [6, 6.07) is 21.5. The zero-order valence-electron chi connectivity index (χ0n) is 30.4. The van der Waals surface area contributed by atoms with E-state index in [4.69, 9.17) is 5.73 Å². The number of aryl methyl sites for hydroxylation is 1. The number of nitrogens with zero attached hydrogens (tertiary/aromatic N) is 2. The van der Waals surface area contributed by atoms with Crippen LogP contribution in [-0.2, 0) is 19.7 Å². The van der Waals surface area contributed by atoms with Crippen LogP contribution in [-0.4, -0.2) is 53.7 Å². The molecule has 0 saturated carbocycles. The van der Waals surface area contributed by atoms with Crippen molar-refractivity contribution in [3.8, 4) is 0 Å². The number of carboxylic acids is 1. The predicted molar refractivity (Wildman–Crippen MR) is 202 cm³/mol. The summed E-state index contributed by atoms with van der Waals surface area (Å²) in [6.07, 6.45) is 4.22. The number of benzene rings is 4. The summed E-state index contributed by atoms with van der Waals surface area (Å²) in [5.74, 6) is -4.38. The van der Waals surface area contributed by atoms with Gasteiger partial charge in [0, 0.05) is 33.6 Å². The Balaban J connectivity index is 0.00000360. The van der Waals surface area contributed by atoms with E-state index in [-0.39, 0.29) is 87.2 Å².